The zero-order chi connectivity index (χ0) is 6.24. The molecule has 0 aromatic carbocycles. The summed E-state index contributed by atoms with van der Waals surface area (Å²) in [6.45, 7) is 2.81. The molecule has 0 fully saturated rings. The van der Waals surface area contributed by atoms with Crippen molar-refractivity contribution < 1.29 is 4.79 Å². The van der Waals surface area contributed by atoms with E-state index in [1.54, 1.807) is 0 Å². The molecule has 0 atom stereocenters. The van der Waals surface area contributed by atoms with Gasteiger partial charge in [0, 0.05) is 6.54 Å². The Bertz CT molecular complexity index is 54.5. The van der Waals surface area contributed by atoms with E-state index in [1.807, 2.05) is 0 Å². The smallest absolute Gasteiger partial charge is 0.207 e. The third kappa shape index (κ3) is 5.47. The van der Waals surface area contributed by atoms with Crippen molar-refractivity contribution in [1.29, 1.82) is 0 Å². The van der Waals surface area contributed by atoms with Gasteiger partial charge in [0.15, 0.2) is 0 Å². The summed E-state index contributed by atoms with van der Waals surface area (Å²) in [7, 11) is 0. The molecule has 2 heteroatoms. The van der Waals surface area contributed by atoms with Gasteiger partial charge < -0.3 is 5.32 Å². The van der Waals surface area contributed by atoms with Crippen molar-refractivity contribution in [3.05, 3.63) is 6.42 Å². The molecule has 0 aromatic heterocycles. The van der Waals surface area contributed by atoms with Gasteiger partial charge in [-0.15, -0.1) is 0 Å². The maximum atomic E-state index is 9.64. The molecule has 1 amide bonds. The minimum absolute atomic E-state index is 0.706. The summed E-state index contributed by atoms with van der Waals surface area (Å²) in [6.07, 6.45) is 5.00. The summed E-state index contributed by atoms with van der Waals surface area (Å²) in [6, 6.07) is 0. The number of hydrogen-bond donors (Lipinski definition) is 1. The van der Waals surface area contributed by atoms with E-state index in [0.29, 0.717) is 13.0 Å². The highest BCUT2D eigenvalue weighted by Crippen LogP contribution is 1.88. The van der Waals surface area contributed by atoms with Crippen molar-refractivity contribution in [3.8, 4) is 0 Å². The van der Waals surface area contributed by atoms with E-state index >= 15 is 0 Å². The van der Waals surface area contributed by atoms with E-state index in [9.17, 15) is 4.79 Å². The van der Waals surface area contributed by atoms with Gasteiger partial charge in [0.25, 0.3) is 0 Å². The van der Waals surface area contributed by atoms with Crippen molar-refractivity contribution in [2.45, 2.75) is 19.8 Å². The first-order chi connectivity index (χ1) is 3.91. The highest BCUT2D eigenvalue weighted by molar-refractivity contribution is 5.45. The Morgan fingerprint density at radius 2 is 2.38 bits per heavy atom. The Balaban J connectivity index is 2.62. The first-order valence-electron chi connectivity index (χ1n) is 2.90. The van der Waals surface area contributed by atoms with Crippen molar-refractivity contribution in [2.75, 3.05) is 6.54 Å². The van der Waals surface area contributed by atoms with E-state index in [1.165, 1.54) is 0 Å². The fourth-order valence-electron chi connectivity index (χ4n) is 0.438. The van der Waals surface area contributed by atoms with Gasteiger partial charge in [-0.05, 0) is 12.8 Å². The molecule has 0 saturated carbocycles. The zero-order valence-electron chi connectivity index (χ0n) is 5.18. The largest absolute Gasteiger partial charge is 0.358 e. The number of unbranched alkanes of at least 4 members (excludes halogenated alkanes) is 2. The van der Waals surface area contributed by atoms with Crippen LogP contribution < -0.4 is 5.32 Å². The number of carbonyl (C=O) groups is 1. The normalized spacial score (nSPS) is 8.62. The molecular weight excluding hydrogens is 102 g/mol. The van der Waals surface area contributed by atoms with Gasteiger partial charge in [0.2, 0.25) is 6.41 Å². The molecule has 0 bridgehead atoms. The van der Waals surface area contributed by atoms with E-state index in [4.69, 9.17) is 0 Å². The van der Waals surface area contributed by atoms with Crippen molar-refractivity contribution in [3.63, 3.8) is 0 Å². The summed E-state index contributed by atoms with van der Waals surface area (Å²) in [5.41, 5.74) is 0. The van der Waals surface area contributed by atoms with E-state index in [-0.39, 0.29) is 0 Å². The van der Waals surface area contributed by atoms with Crippen LogP contribution in [0.1, 0.15) is 19.8 Å². The summed E-state index contributed by atoms with van der Waals surface area (Å²) in [5, 5.41) is 2.55. The molecule has 0 aromatic rings. The predicted octanol–water partition coefficient (Wildman–Crippen LogP) is 0.737. The summed E-state index contributed by atoms with van der Waals surface area (Å²) >= 11 is 0. The maximum Gasteiger partial charge on any atom is 0.207 e. The summed E-state index contributed by atoms with van der Waals surface area (Å²) in [4.78, 5) is 9.64. The average Bonchev–Trinajstić information content (AvgIpc) is 1.81. The number of carbonyl (C=O) groups excluding carboxylic acids is 1. The molecule has 0 spiro atoms. The monoisotopic (exact) mass is 114 g/mol. The zero-order valence-corrected chi connectivity index (χ0v) is 5.18. The lowest BCUT2D eigenvalue weighted by Crippen LogP contribution is -2.11. The van der Waals surface area contributed by atoms with Crippen LogP contribution in [0.5, 0.6) is 0 Å². The van der Waals surface area contributed by atoms with Crippen molar-refractivity contribution in [2.24, 2.45) is 0 Å². The van der Waals surface area contributed by atoms with Crippen LogP contribution in [0.4, 0.5) is 0 Å². The molecule has 1 N–H and O–H groups in total. The molecule has 8 heavy (non-hydrogen) atoms. The molecule has 0 aliphatic carbocycles. The SMILES string of the molecule is CCC[CH]CNC=O. The highest BCUT2D eigenvalue weighted by atomic mass is 16.1. The molecule has 0 aliphatic heterocycles. The predicted molar refractivity (Wildman–Crippen MR) is 33.3 cm³/mol. The van der Waals surface area contributed by atoms with Gasteiger partial charge in [-0.2, -0.15) is 0 Å². The average molecular weight is 114 g/mol. The van der Waals surface area contributed by atoms with Crippen LogP contribution in [0.3, 0.4) is 0 Å². The Hall–Kier alpha value is -0.530. The third-order valence-corrected chi connectivity index (χ3v) is 0.838. The number of rotatable bonds is 5. The second-order valence-corrected chi connectivity index (χ2v) is 1.60. The van der Waals surface area contributed by atoms with Crippen LogP contribution in [0.2, 0.25) is 0 Å². The Morgan fingerprint density at radius 1 is 1.62 bits per heavy atom. The summed E-state index contributed by atoms with van der Waals surface area (Å²) < 4.78 is 0. The lowest BCUT2D eigenvalue weighted by Gasteiger charge is -1.93. The van der Waals surface area contributed by atoms with Gasteiger partial charge in [0.1, 0.15) is 0 Å². The number of nitrogens with one attached hydrogen (secondary N) is 1. The lowest BCUT2D eigenvalue weighted by atomic mass is 10.2. The fraction of sp³-hybridized carbons (Fsp3) is 0.667. The molecule has 0 rings (SSSR count). The van der Waals surface area contributed by atoms with Crippen molar-refractivity contribution in [1.82, 2.24) is 5.32 Å². The van der Waals surface area contributed by atoms with Gasteiger partial charge >= 0.3 is 0 Å². The van der Waals surface area contributed by atoms with Crippen molar-refractivity contribution >= 4 is 6.41 Å². The maximum absolute atomic E-state index is 9.64. The van der Waals surface area contributed by atoms with E-state index in [2.05, 4.69) is 18.7 Å². The first-order valence-corrected chi connectivity index (χ1v) is 2.90. The fourth-order valence-corrected chi connectivity index (χ4v) is 0.438. The molecule has 0 heterocycles. The number of amides is 1. The molecule has 1 radical (unpaired) electrons. The minimum atomic E-state index is 0.706. The van der Waals surface area contributed by atoms with Gasteiger partial charge in [-0.1, -0.05) is 13.3 Å². The van der Waals surface area contributed by atoms with Crippen LogP contribution in [0, 0.1) is 6.42 Å². The quantitative estimate of drug-likeness (QED) is 0.414. The second-order valence-electron chi connectivity index (χ2n) is 1.60. The molecule has 2 nitrogen and oxygen atoms in total. The Morgan fingerprint density at radius 3 is 2.88 bits per heavy atom. The molecule has 0 saturated heterocycles. The molecule has 0 unspecified atom stereocenters. The van der Waals surface area contributed by atoms with Gasteiger partial charge in [-0.3, -0.25) is 4.79 Å². The molecule has 0 aliphatic rings. The van der Waals surface area contributed by atoms with E-state index < -0.39 is 0 Å². The standard InChI is InChI=1S/C6H12NO/c1-2-3-4-5-7-6-8/h4,6H,2-3,5H2,1H3,(H,7,8). The highest BCUT2D eigenvalue weighted by Gasteiger charge is 1.81. The third-order valence-electron chi connectivity index (χ3n) is 0.838. The van der Waals surface area contributed by atoms with Crippen LogP contribution in [-0.2, 0) is 4.79 Å². The first kappa shape index (κ1) is 7.47. The minimum Gasteiger partial charge on any atom is -0.358 e. The van der Waals surface area contributed by atoms with E-state index in [0.717, 1.165) is 12.8 Å². The Labute approximate surface area is 50.3 Å². The van der Waals surface area contributed by atoms with Gasteiger partial charge in [0.05, 0.1) is 0 Å². The Kier molecular flexibility index (Phi) is 6.04. The van der Waals surface area contributed by atoms with Gasteiger partial charge in [-0.25, -0.2) is 0 Å². The molecular formula is C6H12NO. The lowest BCUT2D eigenvalue weighted by molar-refractivity contribution is -0.109. The summed E-state index contributed by atoms with van der Waals surface area (Å²) in [5.74, 6) is 0. The molecule has 47 valence electrons. The van der Waals surface area contributed by atoms with Crippen LogP contribution in [0.15, 0.2) is 0 Å². The van der Waals surface area contributed by atoms with Crippen LogP contribution in [0.25, 0.3) is 0 Å². The second kappa shape index (κ2) is 6.47. The number of hydrogen-bond acceptors (Lipinski definition) is 1. The van der Waals surface area contributed by atoms with Crippen LogP contribution >= 0.6 is 0 Å². The van der Waals surface area contributed by atoms with Crippen LogP contribution in [-0.4, -0.2) is 13.0 Å². The topological polar surface area (TPSA) is 29.1 Å².